The molecule has 3 rings (SSSR count). The Labute approximate surface area is 134 Å². The highest BCUT2D eigenvalue weighted by Crippen LogP contribution is 2.41. The summed E-state index contributed by atoms with van der Waals surface area (Å²) in [6, 6.07) is 14.7. The highest BCUT2D eigenvalue weighted by atomic mass is 79.9. The minimum Gasteiger partial charge on any atom is -0.508 e. The number of hydrogen-bond acceptors (Lipinski definition) is 3. The first-order valence-electron chi connectivity index (χ1n) is 5.86. The van der Waals surface area contributed by atoms with E-state index in [4.69, 9.17) is 11.6 Å². The van der Waals surface area contributed by atoms with Crippen LogP contribution in [0.2, 0.25) is 5.02 Å². The number of hydrogen-bond donors (Lipinski definition) is 1. The summed E-state index contributed by atoms with van der Waals surface area (Å²) in [7, 11) is 0. The Bertz CT molecular complexity index is 755. The molecule has 0 saturated heterocycles. The van der Waals surface area contributed by atoms with Gasteiger partial charge >= 0.3 is 0 Å². The van der Waals surface area contributed by atoms with E-state index in [2.05, 4.69) is 20.3 Å². The molecule has 0 unspecified atom stereocenters. The highest BCUT2D eigenvalue weighted by Gasteiger charge is 2.16. The van der Waals surface area contributed by atoms with E-state index in [1.54, 1.807) is 12.1 Å². The van der Waals surface area contributed by atoms with Crippen molar-refractivity contribution in [2.45, 2.75) is 0 Å². The average molecular weight is 367 g/mol. The normalized spacial score (nSPS) is 10.7. The lowest BCUT2D eigenvalue weighted by Crippen LogP contribution is -1.80. The van der Waals surface area contributed by atoms with Gasteiger partial charge in [0.05, 0.1) is 14.4 Å². The topological polar surface area (TPSA) is 33.1 Å². The Morgan fingerprint density at radius 2 is 1.75 bits per heavy atom. The molecule has 0 atom stereocenters. The van der Waals surface area contributed by atoms with E-state index >= 15 is 0 Å². The van der Waals surface area contributed by atoms with Gasteiger partial charge in [0.15, 0.2) is 0 Å². The molecule has 0 spiro atoms. The number of aromatic nitrogens is 1. The lowest BCUT2D eigenvalue weighted by atomic mass is 10.1. The van der Waals surface area contributed by atoms with E-state index in [1.165, 1.54) is 11.5 Å². The van der Waals surface area contributed by atoms with Gasteiger partial charge in [0.1, 0.15) is 11.4 Å². The fourth-order valence-electron chi connectivity index (χ4n) is 1.89. The van der Waals surface area contributed by atoms with Gasteiger partial charge in [0.2, 0.25) is 0 Å². The van der Waals surface area contributed by atoms with E-state index in [9.17, 15) is 5.11 Å². The molecule has 3 aromatic rings. The molecule has 0 aliphatic heterocycles. The molecule has 0 amide bonds. The largest absolute Gasteiger partial charge is 0.508 e. The van der Waals surface area contributed by atoms with Gasteiger partial charge in [-0.1, -0.05) is 29.8 Å². The van der Waals surface area contributed by atoms with E-state index in [0.29, 0.717) is 5.02 Å². The van der Waals surface area contributed by atoms with Gasteiger partial charge in [-0.15, -0.1) is 0 Å². The van der Waals surface area contributed by atoms with Crippen LogP contribution in [0.25, 0.3) is 21.7 Å². The second kappa shape index (κ2) is 5.56. The third-order valence-corrected chi connectivity index (χ3v) is 5.15. The maximum Gasteiger partial charge on any atom is 0.115 e. The molecular formula is C15H9BrClNOS. The second-order valence-electron chi connectivity index (χ2n) is 4.20. The highest BCUT2D eigenvalue weighted by molar-refractivity contribution is 9.10. The SMILES string of the molecule is Oc1ccc(-c2snc(-c3ccccc3Cl)c2Br)cc1. The van der Waals surface area contributed by atoms with Crippen molar-refractivity contribution in [3.63, 3.8) is 0 Å². The van der Waals surface area contributed by atoms with Gasteiger partial charge < -0.3 is 5.11 Å². The van der Waals surface area contributed by atoms with Gasteiger partial charge in [-0.3, -0.25) is 0 Å². The summed E-state index contributed by atoms with van der Waals surface area (Å²) in [6.07, 6.45) is 0. The Kier molecular flexibility index (Phi) is 3.78. The van der Waals surface area contributed by atoms with Gasteiger partial charge in [0, 0.05) is 5.56 Å². The fourth-order valence-corrected chi connectivity index (χ4v) is 3.77. The standard InChI is InChI=1S/C15H9BrClNOS/c16-13-14(11-3-1-2-4-12(11)17)18-20-15(13)9-5-7-10(19)8-6-9/h1-8,19H. The summed E-state index contributed by atoms with van der Waals surface area (Å²) in [4.78, 5) is 1.01. The van der Waals surface area contributed by atoms with Crippen LogP contribution >= 0.6 is 39.1 Å². The van der Waals surface area contributed by atoms with Gasteiger partial charge in [-0.25, -0.2) is 0 Å². The van der Waals surface area contributed by atoms with Crippen LogP contribution < -0.4 is 0 Å². The molecule has 0 fully saturated rings. The van der Waals surface area contributed by atoms with Gasteiger partial charge in [-0.05, 0) is 63.4 Å². The number of benzene rings is 2. The van der Waals surface area contributed by atoms with Crippen LogP contribution in [0.4, 0.5) is 0 Å². The first-order chi connectivity index (χ1) is 9.66. The molecule has 1 N–H and O–H groups in total. The number of nitrogens with zero attached hydrogens (tertiary/aromatic N) is 1. The molecule has 0 aliphatic rings. The molecule has 0 radical (unpaired) electrons. The molecule has 20 heavy (non-hydrogen) atoms. The molecular weight excluding hydrogens is 358 g/mol. The minimum absolute atomic E-state index is 0.251. The number of rotatable bonds is 2. The Hall–Kier alpha value is -1.36. The van der Waals surface area contributed by atoms with Gasteiger partial charge in [-0.2, -0.15) is 4.37 Å². The molecule has 1 heterocycles. The fraction of sp³-hybridized carbons (Fsp3) is 0. The van der Waals surface area contributed by atoms with Crippen LogP contribution in [-0.4, -0.2) is 9.48 Å². The van der Waals surface area contributed by atoms with Crippen LogP contribution in [0.15, 0.2) is 53.0 Å². The Morgan fingerprint density at radius 3 is 2.45 bits per heavy atom. The van der Waals surface area contributed by atoms with Gasteiger partial charge in [0.25, 0.3) is 0 Å². The van der Waals surface area contributed by atoms with Crippen molar-refractivity contribution >= 4 is 39.1 Å². The predicted octanol–water partition coefficient (Wildman–Crippen LogP) is 5.60. The summed E-state index contributed by atoms with van der Waals surface area (Å²) < 4.78 is 5.41. The lowest BCUT2D eigenvalue weighted by molar-refractivity contribution is 0.475. The van der Waals surface area contributed by atoms with Crippen LogP contribution in [0.3, 0.4) is 0 Å². The predicted molar refractivity (Wildman–Crippen MR) is 87.4 cm³/mol. The van der Waals surface area contributed by atoms with E-state index in [1.807, 2.05) is 36.4 Å². The monoisotopic (exact) mass is 365 g/mol. The maximum atomic E-state index is 9.35. The third kappa shape index (κ3) is 2.46. The van der Waals surface area contributed by atoms with E-state index in [0.717, 1.165) is 26.2 Å². The molecule has 0 aliphatic carbocycles. The smallest absolute Gasteiger partial charge is 0.115 e. The van der Waals surface area contributed by atoms with Crippen molar-refractivity contribution < 1.29 is 5.11 Å². The van der Waals surface area contributed by atoms with Crippen molar-refractivity contribution in [1.29, 1.82) is 0 Å². The first kappa shape index (κ1) is 13.6. The zero-order valence-electron chi connectivity index (χ0n) is 10.2. The second-order valence-corrected chi connectivity index (χ2v) is 6.17. The summed E-state index contributed by atoms with van der Waals surface area (Å²) in [5.74, 6) is 0.251. The Balaban J connectivity index is 2.09. The van der Waals surface area contributed by atoms with Crippen molar-refractivity contribution in [1.82, 2.24) is 4.37 Å². The van der Waals surface area contributed by atoms with Crippen LogP contribution in [0, 0.1) is 0 Å². The van der Waals surface area contributed by atoms with E-state index < -0.39 is 0 Å². The summed E-state index contributed by atoms with van der Waals surface area (Å²) >= 11 is 11.2. The third-order valence-electron chi connectivity index (χ3n) is 2.89. The molecule has 2 aromatic carbocycles. The van der Waals surface area contributed by atoms with Crippen LogP contribution in [0.1, 0.15) is 0 Å². The molecule has 2 nitrogen and oxygen atoms in total. The minimum atomic E-state index is 0.251. The molecule has 5 heteroatoms. The van der Waals surface area contributed by atoms with Crippen molar-refractivity contribution in [3.8, 4) is 27.4 Å². The maximum absolute atomic E-state index is 9.35. The van der Waals surface area contributed by atoms with E-state index in [-0.39, 0.29) is 5.75 Å². The summed E-state index contributed by atoms with van der Waals surface area (Å²) in [5.41, 5.74) is 2.75. The number of aromatic hydroxyl groups is 1. The summed E-state index contributed by atoms with van der Waals surface area (Å²) in [6.45, 7) is 0. The molecule has 100 valence electrons. The number of halogens is 2. The summed E-state index contributed by atoms with van der Waals surface area (Å²) in [5, 5.41) is 10.0. The number of phenols is 1. The first-order valence-corrected chi connectivity index (χ1v) is 7.80. The number of phenolic OH excluding ortho intramolecular Hbond substituents is 1. The quantitative estimate of drug-likeness (QED) is 0.640. The zero-order chi connectivity index (χ0) is 14.1. The average Bonchev–Trinajstić information content (AvgIpc) is 2.82. The van der Waals surface area contributed by atoms with Crippen molar-refractivity contribution in [3.05, 3.63) is 58.0 Å². The van der Waals surface area contributed by atoms with Crippen molar-refractivity contribution in [2.75, 3.05) is 0 Å². The lowest BCUT2D eigenvalue weighted by Gasteiger charge is -2.02. The molecule has 0 bridgehead atoms. The molecule has 1 aromatic heterocycles. The van der Waals surface area contributed by atoms with Crippen molar-refractivity contribution in [2.24, 2.45) is 0 Å². The zero-order valence-corrected chi connectivity index (χ0v) is 13.3. The van der Waals surface area contributed by atoms with Crippen LogP contribution in [0.5, 0.6) is 5.75 Å². The van der Waals surface area contributed by atoms with Crippen LogP contribution in [-0.2, 0) is 0 Å². The molecule has 0 saturated carbocycles. The Morgan fingerprint density at radius 1 is 1.05 bits per heavy atom.